The van der Waals surface area contributed by atoms with Crippen molar-refractivity contribution in [2.24, 2.45) is 5.41 Å². The summed E-state index contributed by atoms with van der Waals surface area (Å²) in [6.07, 6.45) is 5.81. The van der Waals surface area contributed by atoms with Gasteiger partial charge < -0.3 is 14.4 Å². The number of benzene rings is 1. The highest BCUT2D eigenvalue weighted by Gasteiger charge is 2.53. The van der Waals surface area contributed by atoms with Crippen molar-refractivity contribution in [2.75, 3.05) is 38.2 Å². The van der Waals surface area contributed by atoms with Gasteiger partial charge in [-0.05, 0) is 31.4 Å². The highest BCUT2D eigenvalue weighted by Crippen LogP contribution is 2.48. The molecule has 0 amide bonds. The van der Waals surface area contributed by atoms with Gasteiger partial charge in [-0.3, -0.25) is 4.90 Å². The van der Waals surface area contributed by atoms with Crippen molar-refractivity contribution in [3.05, 3.63) is 48.3 Å². The standard InChI is InChI=1S/C22H28N4O2/c1-27-21-10-20(23-16-24-21)26-13-18-11-22(19(14-26)28-18)8-5-9-25(15-22)12-17-6-3-2-4-7-17/h2-4,6-7,10,16,18-19H,5,8-9,11-15H2,1H3/t18-,19-,22+/m0/s1. The molecule has 0 radical (unpaired) electrons. The quantitative estimate of drug-likeness (QED) is 0.813. The van der Waals surface area contributed by atoms with Crippen LogP contribution in [-0.4, -0.2) is 60.4 Å². The van der Waals surface area contributed by atoms with Gasteiger partial charge in [-0.25, -0.2) is 9.97 Å². The number of rotatable bonds is 4. The predicted molar refractivity (Wildman–Crippen MR) is 107 cm³/mol. The van der Waals surface area contributed by atoms with Crippen molar-refractivity contribution in [1.82, 2.24) is 14.9 Å². The van der Waals surface area contributed by atoms with Gasteiger partial charge >= 0.3 is 0 Å². The van der Waals surface area contributed by atoms with Gasteiger partial charge in [0.2, 0.25) is 5.88 Å². The van der Waals surface area contributed by atoms with Crippen LogP contribution in [0.25, 0.3) is 0 Å². The summed E-state index contributed by atoms with van der Waals surface area (Å²) < 4.78 is 11.7. The summed E-state index contributed by atoms with van der Waals surface area (Å²) in [7, 11) is 1.65. The Hall–Kier alpha value is -2.18. The Balaban J connectivity index is 1.31. The van der Waals surface area contributed by atoms with Gasteiger partial charge in [0.1, 0.15) is 12.1 Å². The summed E-state index contributed by atoms with van der Waals surface area (Å²) in [5.41, 5.74) is 1.67. The lowest BCUT2D eigenvalue weighted by Gasteiger charge is -2.44. The summed E-state index contributed by atoms with van der Waals surface area (Å²) in [4.78, 5) is 13.6. The topological polar surface area (TPSA) is 50.7 Å². The second-order valence-electron chi connectivity index (χ2n) is 8.44. The maximum absolute atomic E-state index is 6.45. The maximum Gasteiger partial charge on any atom is 0.218 e. The van der Waals surface area contributed by atoms with Crippen LogP contribution < -0.4 is 9.64 Å². The Morgan fingerprint density at radius 1 is 1.21 bits per heavy atom. The van der Waals surface area contributed by atoms with E-state index in [2.05, 4.69) is 50.1 Å². The van der Waals surface area contributed by atoms with E-state index in [1.807, 2.05) is 6.07 Å². The third-order valence-corrected chi connectivity index (χ3v) is 6.58. The number of piperidine rings is 1. The van der Waals surface area contributed by atoms with Crippen LogP contribution in [0.1, 0.15) is 24.8 Å². The van der Waals surface area contributed by atoms with E-state index in [0.29, 0.717) is 5.88 Å². The van der Waals surface area contributed by atoms with Gasteiger partial charge in [0.15, 0.2) is 0 Å². The molecule has 1 spiro atoms. The smallest absolute Gasteiger partial charge is 0.218 e. The monoisotopic (exact) mass is 380 g/mol. The molecule has 0 saturated carbocycles. The predicted octanol–water partition coefficient (Wildman–Crippen LogP) is 2.75. The van der Waals surface area contributed by atoms with Crippen LogP contribution in [0.5, 0.6) is 5.88 Å². The number of fused-ring (bicyclic) bond motifs is 3. The zero-order valence-electron chi connectivity index (χ0n) is 16.5. The van der Waals surface area contributed by atoms with Gasteiger partial charge in [0, 0.05) is 37.7 Å². The molecule has 3 aliphatic heterocycles. The average molecular weight is 380 g/mol. The first kappa shape index (κ1) is 17.9. The molecule has 4 heterocycles. The molecule has 28 heavy (non-hydrogen) atoms. The summed E-state index contributed by atoms with van der Waals surface area (Å²) in [5.74, 6) is 1.56. The SMILES string of the molecule is COc1cc(N2C[C@@H]3C[C@@]4(CCCN(Cc5ccccc5)C4)[C@H](C2)O3)ncn1. The molecule has 0 aliphatic carbocycles. The Labute approximate surface area is 166 Å². The summed E-state index contributed by atoms with van der Waals surface area (Å²) in [6, 6.07) is 12.7. The van der Waals surface area contributed by atoms with Crippen LogP contribution in [0.4, 0.5) is 5.82 Å². The molecular formula is C22H28N4O2. The molecule has 2 aromatic rings. The number of methoxy groups -OCH3 is 1. The van der Waals surface area contributed by atoms with E-state index >= 15 is 0 Å². The number of morpholine rings is 1. The highest BCUT2D eigenvalue weighted by molar-refractivity contribution is 5.42. The molecule has 5 rings (SSSR count). The summed E-state index contributed by atoms with van der Waals surface area (Å²) >= 11 is 0. The first-order chi connectivity index (χ1) is 13.7. The number of nitrogens with zero attached hydrogens (tertiary/aromatic N) is 4. The van der Waals surface area contributed by atoms with E-state index < -0.39 is 0 Å². The molecule has 0 unspecified atom stereocenters. The van der Waals surface area contributed by atoms with Crippen molar-refractivity contribution in [3.8, 4) is 5.88 Å². The van der Waals surface area contributed by atoms with Crippen LogP contribution in [0.2, 0.25) is 0 Å². The molecular weight excluding hydrogens is 352 g/mol. The largest absolute Gasteiger partial charge is 0.481 e. The Morgan fingerprint density at radius 3 is 2.96 bits per heavy atom. The van der Waals surface area contributed by atoms with Crippen LogP contribution in [0.15, 0.2) is 42.7 Å². The van der Waals surface area contributed by atoms with Crippen molar-refractivity contribution in [1.29, 1.82) is 0 Å². The normalized spacial score (nSPS) is 30.0. The Kier molecular flexibility index (Phi) is 4.69. The van der Waals surface area contributed by atoms with Crippen molar-refractivity contribution >= 4 is 5.82 Å². The average Bonchev–Trinajstić information content (AvgIpc) is 2.97. The molecule has 3 fully saturated rings. The van der Waals surface area contributed by atoms with Gasteiger partial charge in [-0.15, -0.1) is 0 Å². The fourth-order valence-corrected chi connectivity index (χ4v) is 5.34. The highest BCUT2D eigenvalue weighted by atomic mass is 16.5. The second-order valence-corrected chi connectivity index (χ2v) is 8.44. The van der Waals surface area contributed by atoms with Gasteiger partial charge in [-0.2, -0.15) is 0 Å². The zero-order chi connectivity index (χ0) is 19.0. The Morgan fingerprint density at radius 2 is 2.11 bits per heavy atom. The number of anilines is 1. The van der Waals surface area contributed by atoms with Gasteiger partial charge in [0.05, 0.1) is 19.3 Å². The van der Waals surface area contributed by atoms with Crippen LogP contribution in [-0.2, 0) is 11.3 Å². The molecule has 2 bridgehead atoms. The molecule has 6 heteroatoms. The molecule has 0 N–H and O–H groups in total. The third kappa shape index (κ3) is 3.35. The van der Waals surface area contributed by atoms with E-state index in [9.17, 15) is 0 Å². The van der Waals surface area contributed by atoms with Crippen molar-refractivity contribution < 1.29 is 9.47 Å². The van der Waals surface area contributed by atoms with Crippen LogP contribution in [0.3, 0.4) is 0 Å². The van der Waals surface area contributed by atoms with Gasteiger partial charge in [0.25, 0.3) is 0 Å². The maximum atomic E-state index is 6.45. The summed E-state index contributed by atoms with van der Waals surface area (Å²) in [6.45, 7) is 5.14. The number of hydrogen-bond acceptors (Lipinski definition) is 6. The summed E-state index contributed by atoms with van der Waals surface area (Å²) in [5, 5.41) is 0. The molecule has 1 aromatic carbocycles. The number of aromatic nitrogens is 2. The number of likely N-dealkylation sites (tertiary alicyclic amines) is 1. The zero-order valence-corrected chi connectivity index (χ0v) is 16.5. The fraction of sp³-hybridized carbons (Fsp3) is 0.545. The van der Waals surface area contributed by atoms with E-state index in [0.717, 1.165) is 38.4 Å². The van der Waals surface area contributed by atoms with Crippen LogP contribution >= 0.6 is 0 Å². The minimum absolute atomic E-state index is 0.267. The lowest BCUT2D eigenvalue weighted by molar-refractivity contribution is -0.0265. The number of ether oxygens (including phenoxy) is 2. The minimum atomic E-state index is 0.267. The lowest BCUT2D eigenvalue weighted by Crippen LogP contribution is -2.51. The van der Waals surface area contributed by atoms with Crippen molar-refractivity contribution in [2.45, 2.75) is 38.0 Å². The fourth-order valence-electron chi connectivity index (χ4n) is 5.34. The minimum Gasteiger partial charge on any atom is -0.481 e. The van der Waals surface area contributed by atoms with E-state index in [1.165, 1.54) is 24.9 Å². The van der Waals surface area contributed by atoms with Gasteiger partial charge in [-0.1, -0.05) is 30.3 Å². The lowest BCUT2D eigenvalue weighted by atomic mass is 9.73. The van der Waals surface area contributed by atoms with E-state index in [4.69, 9.17) is 9.47 Å². The number of hydrogen-bond donors (Lipinski definition) is 0. The molecule has 3 aliphatic rings. The molecule has 148 valence electrons. The second kappa shape index (κ2) is 7.33. The molecule has 1 aromatic heterocycles. The molecule has 6 nitrogen and oxygen atoms in total. The van der Waals surface area contributed by atoms with Crippen LogP contribution in [0, 0.1) is 5.41 Å². The van der Waals surface area contributed by atoms with E-state index in [-0.39, 0.29) is 17.6 Å². The first-order valence-corrected chi connectivity index (χ1v) is 10.3. The third-order valence-electron chi connectivity index (χ3n) is 6.58. The van der Waals surface area contributed by atoms with Crippen molar-refractivity contribution in [3.63, 3.8) is 0 Å². The molecule has 3 atom stereocenters. The molecule has 3 saturated heterocycles. The Bertz CT molecular complexity index is 817. The first-order valence-electron chi connectivity index (χ1n) is 10.3. The van der Waals surface area contributed by atoms with E-state index in [1.54, 1.807) is 13.4 Å².